The zero-order chi connectivity index (χ0) is 18.6. The number of thiophene rings is 1. The van der Waals surface area contributed by atoms with Crippen LogP contribution in [0.4, 0.5) is 0 Å². The van der Waals surface area contributed by atoms with Crippen molar-refractivity contribution in [1.82, 2.24) is 10.2 Å². The third-order valence-corrected chi connectivity index (χ3v) is 6.39. The molecule has 2 heterocycles. The van der Waals surface area contributed by atoms with E-state index in [1.165, 1.54) is 24.0 Å². The van der Waals surface area contributed by atoms with Crippen molar-refractivity contribution >= 4 is 27.1 Å². The van der Waals surface area contributed by atoms with Gasteiger partial charge in [-0.1, -0.05) is 18.2 Å². The fourth-order valence-corrected chi connectivity index (χ4v) is 4.95. The maximum Gasteiger partial charge on any atom is 0.251 e. The summed E-state index contributed by atoms with van der Waals surface area (Å²) in [5.41, 5.74) is 1.24. The number of sulfone groups is 1. The van der Waals surface area contributed by atoms with E-state index in [1.807, 2.05) is 6.07 Å². The molecule has 1 aliphatic rings. The Morgan fingerprint density at radius 3 is 2.46 bits per heavy atom. The molecule has 1 atom stereocenters. The number of hydrogen-bond donors (Lipinski definition) is 1. The van der Waals surface area contributed by atoms with E-state index in [1.54, 1.807) is 35.6 Å². The Kier molecular flexibility index (Phi) is 6.11. The molecule has 7 heteroatoms. The molecule has 0 bridgehead atoms. The topological polar surface area (TPSA) is 66.5 Å². The fraction of sp³-hybridized carbons (Fsp3) is 0.421. The first kappa shape index (κ1) is 19.1. The Bertz CT molecular complexity index is 824. The van der Waals surface area contributed by atoms with E-state index in [0.717, 1.165) is 13.1 Å². The average Bonchev–Trinajstić information content (AvgIpc) is 3.28. The quantitative estimate of drug-likeness (QED) is 0.787. The van der Waals surface area contributed by atoms with E-state index in [2.05, 4.69) is 21.7 Å². The second-order valence-electron chi connectivity index (χ2n) is 6.75. The van der Waals surface area contributed by atoms with Crippen molar-refractivity contribution in [2.75, 3.05) is 25.9 Å². The predicted octanol–water partition coefficient (Wildman–Crippen LogP) is 2.86. The summed E-state index contributed by atoms with van der Waals surface area (Å²) in [5.74, 6) is -0.138. The average molecular weight is 393 g/mol. The first-order chi connectivity index (χ1) is 12.4. The highest BCUT2D eigenvalue weighted by atomic mass is 32.2. The van der Waals surface area contributed by atoms with E-state index < -0.39 is 9.84 Å². The fourth-order valence-electron chi connectivity index (χ4n) is 3.29. The number of carbonyl (C=O) groups is 1. The molecule has 1 saturated heterocycles. The highest BCUT2D eigenvalue weighted by Crippen LogP contribution is 2.27. The number of carbonyl (C=O) groups excluding carboxylic acids is 1. The van der Waals surface area contributed by atoms with Gasteiger partial charge in [0.15, 0.2) is 9.84 Å². The summed E-state index contributed by atoms with van der Waals surface area (Å²) in [6.07, 6.45) is 3.62. The first-order valence-corrected chi connectivity index (χ1v) is 11.7. The largest absolute Gasteiger partial charge is 0.350 e. The molecule has 5 nitrogen and oxygen atoms in total. The van der Waals surface area contributed by atoms with Crippen LogP contribution in [0.2, 0.25) is 0 Å². The van der Waals surface area contributed by atoms with Crippen LogP contribution in [0.3, 0.4) is 0 Å². The van der Waals surface area contributed by atoms with Crippen LogP contribution in [0, 0.1) is 0 Å². The molecule has 2 aromatic rings. The van der Waals surface area contributed by atoms with Gasteiger partial charge in [0.1, 0.15) is 0 Å². The number of likely N-dealkylation sites (tertiary alicyclic amines) is 1. The van der Waals surface area contributed by atoms with Gasteiger partial charge in [-0.25, -0.2) is 8.42 Å². The lowest BCUT2D eigenvalue weighted by Gasteiger charge is -2.27. The Morgan fingerprint density at radius 1 is 1.19 bits per heavy atom. The van der Waals surface area contributed by atoms with Crippen molar-refractivity contribution in [3.8, 4) is 0 Å². The molecule has 0 radical (unpaired) electrons. The monoisotopic (exact) mass is 392 g/mol. The normalized spacial score (nSPS) is 16.5. The lowest BCUT2D eigenvalue weighted by molar-refractivity contribution is 0.0938. The molecule has 26 heavy (non-hydrogen) atoms. The third-order valence-electron chi connectivity index (χ3n) is 4.55. The number of nitrogens with zero attached hydrogens (tertiary/aromatic N) is 1. The highest BCUT2D eigenvalue weighted by Gasteiger charge is 2.24. The molecule has 1 unspecified atom stereocenters. The molecule has 0 spiro atoms. The van der Waals surface area contributed by atoms with Crippen LogP contribution in [0.25, 0.3) is 0 Å². The Balaban J connectivity index is 1.63. The lowest BCUT2D eigenvalue weighted by Crippen LogP contribution is -2.36. The van der Waals surface area contributed by atoms with E-state index in [4.69, 9.17) is 0 Å². The predicted molar refractivity (Wildman–Crippen MR) is 105 cm³/mol. The smallest absolute Gasteiger partial charge is 0.251 e. The van der Waals surface area contributed by atoms with Crippen LogP contribution in [0.1, 0.15) is 39.7 Å². The van der Waals surface area contributed by atoms with Crippen LogP contribution in [0.15, 0.2) is 41.8 Å². The number of nitrogens with one attached hydrogen (secondary N) is 1. The zero-order valence-electron chi connectivity index (χ0n) is 14.8. The van der Waals surface area contributed by atoms with Gasteiger partial charge in [-0.3, -0.25) is 9.69 Å². The summed E-state index contributed by atoms with van der Waals surface area (Å²) < 4.78 is 22.7. The zero-order valence-corrected chi connectivity index (χ0v) is 16.5. The summed E-state index contributed by atoms with van der Waals surface area (Å²) in [5, 5.41) is 5.11. The van der Waals surface area contributed by atoms with Crippen molar-refractivity contribution < 1.29 is 13.2 Å². The summed E-state index contributed by atoms with van der Waals surface area (Å²) in [7, 11) is -3.07. The minimum Gasteiger partial charge on any atom is -0.350 e. The van der Waals surface area contributed by atoms with Gasteiger partial charge in [0, 0.05) is 23.2 Å². The number of amides is 1. The standard InChI is InChI=1S/C19H24N2O3S2/c1-26(23,24)14-15-6-8-16(9-7-15)19(22)20-13-17(18-5-4-12-25-18)21-10-2-3-11-21/h4-9,12,17H,2-3,10-11,13-14H2,1H3,(H,20,22). The van der Waals surface area contributed by atoms with Gasteiger partial charge in [-0.2, -0.15) is 0 Å². The lowest BCUT2D eigenvalue weighted by atomic mass is 10.1. The minimum atomic E-state index is -3.07. The van der Waals surface area contributed by atoms with Crippen molar-refractivity contribution in [3.05, 3.63) is 57.8 Å². The second kappa shape index (κ2) is 8.33. The van der Waals surface area contributed by atoms with E-state index in [-0.39, 0.29) is 17.7 Å². The first-order valence-electron chi connectivity index (χ1n) is 8.75. The van der Waals surface area contributed by atoms with Crippen molar-refractivity contribution in [1.29, 1.82) is 0 Å². The summed E-state index contributed by atoms with van der Waals surface area (Å²) >= 11 is 1.72. The molecule has 1 N–H and O–H groups in total. The maximum absolute atomic E-state index is 12.5. The molecule has 1 aromatic carbocycles. The Hall–Kier alpha value is -1.70. The molecule has 140 valence electrons. The molecule has 1 aromatic heterocycles. The van der Waals surface area contributed by atoms with Gasteiger partial charge < -0.3 is 5.32 Å². The van der Waals surface area contributed by atoms with Crippen LogP contribution >= 0.6 is 11.3 Å². The van der Waals surface area contributed by atoms with E-state index in [9.17, 15) is 13.2 Å². The van der Waals surface area contributed by atoms with Crippen LogP contribution in [-0.4, -0.2) is 45.1 Å². The molecular formula is C19H24N2O3S2. The van der Waals surface area contributed by atoms with Gasteiger partial charge in [0.05, 0.1) is 11.8 Å². The van der Waals surface area contributed by atoms with Gasteiger partial charge >= 0.3 is 0 Å². The highest BCUT2D eigenvalue weighted by molar-refractivity contribution is 7.89. The number of hydrogen-bond acceptors (Lipinski definition) is 5. The maximum atomic E-state index is 12.5. The van der Waals surface area contributed by atoms with Crippen molar-refractivity contribution in [3.63, 3.8) is 0 Å². The van der Waals surface area contributed by atoms with Gasteiger partial charge in [0.25, 0.3) is 5.91 Å². The molecule has 3 rings (SSSR count). The van der Waals surface area contributed by atoms with Crippen molar-refractivity contribution in [2.45, 2.75) is 24.6 Å². The SMILES string of the molecule is CS(=O)(=O)Cc1ccc(C(=O)NCC(c2cccs2)N2CCCC2)cc1. The summed E-state index contributed by atoms with van der Waals surface area (Å²) in [6, 6.07) is 11.2. The molecular weight excluding hydrogens is 368 g/mol. The molecule has 1 amide bonds. The van der Waals surface area contributed by atoms with Crippen LogP contribution in [0.5, 0.6) is 0 Å². The van der Waals surface area contributed by atoms with E-state index in [0.29, 0.717) is 17.7 Å². The molecule has 0 aliphatic carbocycles. The van der Waals surface area contributed by atoms with Crippen LogP contribution < -0.4 is 5.32 Å². The van der Waals surface area contributed by atoms with Crippen molar-refractivity contribution in [2.24, 2.45) is 0 Å². The molecule has 0 saturated carbocycles. The number of benzene rings is 1. The third kappa shape index (κ3) is 5.16. The van der Waals surface area contributed by atoms with Gasteiger partial charge in [-0.05, 0) is 55.1 Å². The molecule has 1 aliphatic heterocycles. The van der Waals surface area contributed by atoms with Crippen LogP contribution in [-0.2, 0) is 15.6 Å². The Morgan fingerprint density at radius 2 is 1.88 bits per heavy atom. The van der Waals surface area contributed by atoms with Gasteiger partial charge in [0.2, 0.25) is 0 Å². The van der Waals surface area contributed by atoms with Gasteiger partial charge in [-0.15, -0.1) is 11.3 Å². The second-order valence-corrected chi connectivity index (χ2v) is 9.87. The summed E-state index contributed by atoms with van der Waals surface area (Å²) in [6.45, 7) is 2.71. The number of rotatable bonds is 7. The molecule has 1 fully saturated rings. The van der Waals surface area contributed by atoms with E-state index >= 15 is 0 Å². The summed E-state index contributed by atoms with van der Waals surface area (Å²) in [4.78, 5) is 16.2. The minimum absolute atomic E-state index is 0.00961. The Labute approximate surface area is 159 Å².